The minimum Gasteiger partial charge on any atom is -0.340 e. The van der Waals surface area contributed by atoms with Crippen molar-refractivity contribution in [3.63, 3.8) is 0 Å². The van der Waals surface area contributed by atoms with Crippen LogP contribution in [0.2, 0.25) is 0 Å². The number of rotatable bonds is 6. The van der Waals surface area contributed by atoms with E-state index in [1.54, 1.807) is 0 Å². The van der Waals surface area contributed by atoms with Gasteiger partial charge >= 0.3 is 0 Å². The van der Waals surface area contributed by atoms with Crippen LogP contribution in [0.4, 0.5) is 0 Å². The molecule has 1 aliphatic heterocycles. The third-order valence-electron chi connectivity index (χ3n) is 3.71. The summed E-state index contributed by atoms with van der Waals surface area (Å²) in [5.41, 5.74) is 1.17. The van der Waals surface area contributed by atoms with Gasteiger partial charge in [-0.1, -0.05) is 37.3 Å². The van der Waals surface area contributed by atoms with Gasteiger partial charge in [0.25, 0.3) is 0 Å². The van der Waals surface area contributed by atoms with E-state index in [0.29, 0.717) is 19.1 Å². The fourth-order valence-corrected chi connectivity index (χ4v) is 2.27. The highest BCUT2D eigenvalue weighted by molar-refractivity contribution is 5.78. The van der Waals surface area contributed by atoms with Crippen molar-refractivity contribution in [1.82, 2.24) is 15.1 Å². The van der Waals surface area contributed by atoms with Gasteiger partial charge in [0.1, 0.15) is 0 Å². The van der Waals surface area contributed by atoms with Crippen LogP contribution in [0.5, 0.6) is 0 Å². The molecule has 19 heavy (non-hydrogen) atoms. The Morgan fingerprint density at radius 2 is 2.00 bits per heavy atom. The zero-order chi connectivity index (χ0) is 13.7. The first-order chi connectivity index (χ1) is 9.20. The van der Waals surface area contributed by atoms with E-state index in [1.807, 2.05) is 30.1 Å². The van der Waals surface area contributed by atoms with Crippen molar-refractivity contribution in [2.45, 2.75) is 19.5 Å². The second-order valence-corrected chi connectivity index (χ2v) is 5.11. The van der Waals surface area contributed by atoms with E-state index in [0.717, 1.165) is 19.6 Å². The van der Waals surface area contributed by atoms with Gasteiger partial charge in [-0.05, 0) is 12.1 Å². The summed E-state index contributed by atoms with van der Waals surface area (Å²) >= 11 is 0. The average Bonchev–Trinajstić information content (AvgIpc) is 2.36. The fraction of sp³-hybridized carbons (Fsp3) is 0.533. The fourth-order valence-electron chi connectivity index (χ4n) is 2.27. The third kappa shape index (κ3) is 3.78. The number of nitrogens with one attached hydrogen (secondary N) is 1. The predicted molar refractivity (Wildman–Crippen MR) is 76.8 cm³/mol. The standard InChI is InChI=1S/C15H23N3O/c1-3-18(14-9-16-10-14)12-15(19)17(2)11-13-7-5-4-6-8-13/h4-8,14,16H,3,9-12H2,1-2H3. The lowest BCUT2D eigenvalue weighted by Gasteiger charge is -2.37. The number of carbonyl (C=O) groups is 1. The third-order valence-corrected chi connectivity index (χ3v) is 3.71. The highest BCUT2D eigenvalue weighted by Crippen LogP contribution is 2.07. The summed E-state index contributed by atoms with van der Waals surface area (Å²) in [4.78, 5) is 16.3. The van der Waals surface area contributed by atoms with Crippen LogP contribution in [0.15, 0.2) is 30.3 Å². The molecule has 1 fully saturated rings. The first-order valence-electron chi connectivity index (χ1n) is 6.93. The van der Waals surface area contributed by atoms with Crippen LogP contribution in [0.3, 0.4) is 0 Å². The van der Waals surface area contributed by atoms with Gasteiger partial charge in [-0.25, -0.2) is 0 Å². The Labute approximate surface area is 115 Å². The predicted octanol–water partition coefficient (Wildman–Crippen LogP) is 0.939. The molecule has 1 heterocycles. The molecule has 0 saturated carbocycles. The molecular weight excluding hydrogens is 238 g/mol. The number of hydrogen-bond donors (Lipinski definition) is 1. The summed E-state index contributed by atoms with van der Waals surface area (Å²) in [6.07, 6.45) is 0. The van der Waals surface area contributed by atoms with Crippen LogP contribution >= 0.6 is 0 Å². The van der Waals surface area contributed by atoms with E-state index in [9.17, 15) is 4.79 Å². The smallest absolute Gasteiger partial charge is 0.236 e. The van der Waals surface area contributed by atoms with E-state index >= 15 is 0 Å². The molecule has 0 unspecified atom stereocenters. The molecule has 0 radical (unpaired) electrons. The van der Waals surface area contributed by atoms with Crippen molar-refractivity contribution in [2.75, 3.05) is 33.2 Å². The van der Waals surface area contributed by atoms with Gasteiger partial charge in [0.15, 0.2) is 0 Å². The van der Waals surface area contributed by atoms with Crippen LogP contribution in [0.1, 0.15) is 12.5 Å². The van der Waals surface area contributed by atoms with Crippen LogP contribution in [0, 0.1) is 0 Å². The summed E-state index contributed by atoms with van der Waals surface area (Å²) in [5.74, 6) is 0.192. The molecule has 0 aliphatic carbocycles. The van der Waals surface area contributed by atoms with Crippen molar-refractivity contribution < 1.29 is 4.79 Å². The van der Waals surface area contributed by atoms with Gasteiger partial charge in [0.05, 0.1) is 6.54 Å². The molecule has 0 aromatic heterocycles. The Balaban J connectivity index is 1.84. The second kappa shape index (κ2) is 6.68. The topological polar surface area (TPSA) is 35.6 Å². The second-order valence-electron chi connectivity index (χ2n) is 5.11. The Hall–Kier alpha value is -1.39. The van der Waals surface area contributed by atoms with Crippen molar-refractivity contribution in [1.29, 1.82) is 0 Å². The molecule has 2 rings (SSSR count). The van der Waals surface area contributed by atoms with Gasteiger partial charge < -0.3 is 10.2 Å². The van der Waals surface area contributed by atoms with E-state index in [-0.39, 0.29) is 5.91 Å². The quantitative estimate of drug-likeness (QED) is 0.828. The lowest BCUT2D eigenvalue weighted by Crippen LogP contribution is -2.58. The number of likely N-dealkylation sites (N-methyl/N-ethyl adjacent to an activating group) is 2. The molecular formula is C15H23N3O. The summed E-state index contributed by atoms with van der Waals surface area (Å²) in [6.45, 7) is 6.25. The lowest BCUT2D eigenvalue weighted by atomic mass is 10.1. The maximum Gasteiger partial charge on any atom is 0.236 e. The summed E-state index contributed by atoms with van der Waals surface area (Å²) in [6, 6.07) is 10.6. The Kier molecular flexibility index (Phi) is 4.93. The van der Waals surface area contributed by atoms with Crippen LogP contribution in [-0.4, -0.2) is 55.0 Å². The Morgan fingerprint density at radius 3 is 2.53 bits per heavy atom. The minimum atomic E-state index is 0.192. The molecule has 4 heteroatoms. The minimum absolute atomic E-state index is 0.192. The van der Waals surface area contributed by atoms with Crippen LogP contribution < -0.4 is 5.32 Å². The molecule has 1 aliphatic rings. The van der Waals surface area contributed by atoms with Gasteiger partial charge in [-0.2, -0.15) is 0 Å². The largest absolute Gasteiger partial charge is 0.340 e. The highest BCUT2D eigenvalue weighted by atomic mass is 16.2. The van der Waals surface area contributed by atoms with Crippen molar-refractivity contribution in [2.24, 2.45) is 0 Å². The summed E-state index contributed by atoms with van der Waals surface area (Å²) < 4.78 is 0. The number of nitrogens with zero attached hydrogens (tertiary/aromatic N) is 2. The zero-order valence-electron chi connectivity index (χ0n) is 11.8. The summed E-state index contributed by atoms with van der Waals surface area (Å²) in [5, 5.41) is 3.25. The molecule has 0 spiro atoms. The number of hydrogen-bond acceptors (Lipinski definition) is 3. The molecule has 1 N–H and O–H groups in total. The van der Waals surface area contributed by atoms with Gasteiger partial charge in [0.2, 0.25) is 5.91 Å². The number of benzene rings is 1. The number of carbonyl (C=O) groups excluding carboxylic acids is 1. The molecule has 104 valence electrons. The monoisotopic (exact) mass is 261 g/mol. The van der Waals surface area contributed by atoms with Crippen molar-refractivity contribution in [3.05, 3.63) is 35.9 Å². The maximum atomic E-state index is 12.2. The Bertz CT molecular complexity index is 403. The zero-order valence-corrected chi connectivity index (χ0v) is 11.8. The Morgan fingerprint density at radius 1 is 1.32 bits per heavy atom. The first kappa shape index (κ1) is 14.0. The van der Waals surface area contributed by atoms with E-state index < -0.39 is 0 Å². The molecule has 0 bridgehead atoms. The molecule has 1 aromatic rings. The van der Waals surface area contributed by atoms with E-state index in [1.165, 1.54) is 5.56 Å². The maximum absolute atomic E-state index is 12.2. The highest BCUT2D eigenvalue weighted by Gasteiger charge is 2.25. The van der Waals surface area contributed by atoms with Crippen molar-refractivity contribution in [3.8, 4) is 0 Å². The van der Waals surface area contributed by atoms with Gasteiger partial charge in [0, 0.05) is 32.7 Å². The first-order valence-corrected chi connectivity index (χ1v) is 6.93. The van der Waals surface area contributed by atoms with Crippen molar-refractivity contribution >= 4 is 5.91 Å². The number of amides is 1. The summed E-state index contributed by atoms with van der Waals surface area (Å²) in [7, 11) is 1.88. The molecule has 1 aromatic carbocycles. The normalized spacial score (nSPS) is 15.3. The molecule has 1 saturated heterocycles. The van der Waals surface area contributed by atoms with Crippen LogP contribution in [0.25, 0.3) is 0 Å². The van der Waals surface area contributed by atoms with Gasteiger partial charge in [-0.3, -0.25) is 9.69 Å². The average molecular weight is 261 g/mol. The SMILES string of the molecule is CCN(CC(=O)N(C)Cc1ccccc1)C1CNC1. The van der Waals surface area contributed by atoms with E-state index in [2.05, 4.69) is 29.3 Å². The van der Waals surface area contributed by atoms with E-state index in [4.69, 9.17) is 0 Å². The lowest BCUT2D eigenvalue weighted by molar-refractivity contribution is -0.132. The van der Waals surface area contributed by atoms with Gasteiger partial charge in [-0.15, -0.1) is 0 Å². The molecule has 0 atom stereocenters. The van der Waals surface area contributed by atoms with Crippen LogP contribution in [-0.2, 0) is 11.3 Å². The molecule has 1 amide bonds. The molecule has 4 nitrogen and oxygen atoms in total.